The van der Waals surface area contributed by atoms with Crippen LogP contribution in [0.4, 0.5) is 0 Å². The highest BCUT2D eigenvalue weighted by Gasteiger charge is 2.48. The van der Waals surface area contributed by atoms with Gasteiger partial charge in [-0.3, -0.25) is 14.5 Å². The van der Waals surface area contributed by atoms with Gasteiger partial charge < -0.3 is 5.73 Å². The molecule has 1 heterocycles. The van der Waals surface area contributed by atoms with Crippen molar-refractivity contribution in [2.24, 2.45) is 17.1 Å². The molecule has 4 nitrogen and oxygen atoms in total. The van der Waals surface area contributed by atoms with Crippen molar-refractivity contribution in [1.82, 2.24) is 4.90 Å². The van der Waals surface area contributed by atoms with Crippen molar-refractivity contribution >= 4 is 11.8 Å². The second-order valence-electron chi connectivity index (χ2n) is 6.71. The Labute approximate surface area is 114 Å². The van der Waals surface area contributed by atoms with E-state index in [1.165, 1.54) is 24.2 Å². The molecule has 2 saturated carbocycles. The first-order valence-corrected chi connectivity index (χ1v) is 7.70. The Kier molecular flexibility index (Phi) is 3.37. The van der Waals surface area contributed by atoms with E-state index in [1.807, 2.05) is 0 Å². The predicted molar refractivity (Wildman–Crippen MR) is 72.2 cm³/mol. The van der Waals surface area contributed by atoms with Gasteiger partial charge in [0.15, 0.2) is 0 Å². The van der Waals surface area contributed by atoms with Crippen molar-refractivity contribution in [3.63, 3.8) is 0 Å². The lowest BCUT2D eigenvalue weighted by Crippen LogP contribution is -2.55. The maximum Gasteiger partial charge on any atom is 0.230 e. The smallest absolute Gasteiger partial charge is 0.230 e. The van der Waals surface area contributed by atoms with Gasteiger partial charge in [0, 0.05) is 19.4 Å². The second-order valence-corrected chi connectivity index (χ2v) is 6.71. The van der Waals surface area contributed by atoms with Crippen LogP contribution < -0.4 is 5.73 Å². The maximum atomic E-state index is 12.5. The van der Waals surface area contributed by atoms with Gasteiger partial charge in [0.25, 0.3) is 0 Å². The number of carbonyl (C=O) groups is 2. The van der Waals surface area contributed by atoms with Crippen molar-refractivity contribution in [1.29, 1.82) is 0 Å². The van der Waals surface area contributed by atoms with E-state index < -0.39 is 0 Å². The molecule has 1 aliphatic heterocycles. The standard InChI is InChI=1S/C15H24N2O2/c16-10-12(11-4-5-11)17-13(18)8-15(9-14(17)19)6-2-1-3-7-15/h11-12H,1-10,16H2. The molecule has 0 aromatic heterocycles. The molecule has 0 bridgehead atoms. The Morgan fingerprint density at radius 3 is 2.16 bits per heavy atom. The number of hydrogen-bond acceptors (Lipinski definition) is 3. The number of carbonyl (C=O) groups excluding carboxylic acids is 2. The first-order valence-electron chi connectivity index (χ1n) is 7.70. The number of rotatable bonds is 3. The lowest BCUT2D eigenvalue weighted by Gasteiger charge is -2.44. The zero-order valence-corrected chi connectivity index (χ0v) is 11.6. The van der Waals surface area contributed by atoms with Crippen LogP contribution >= 0.6 is 0 Å². The van der Waals surface area contributed by atoms with Crippen LogP contribution in [0.2, 0.25) is 0 Å². The molecule has 1 saturated heterocycles. The van der Waals surface area contributed by atoms with Gasteiger partial charge in [0.2, 0.25) is 11.8 Å². The molecule has 2 aliphatic carbocycles. The van der Waals surface area contributed by atoms with Gasteiger partial charge >= 0.3 is 0 Å². The van der Waals surface area contributed by atoms with Crippen LogP contribution in [-0.4, -0.2) is 29.3 Å². The maximum absolute atomic E-state index is 12.5. The third kappa shape index (κ3) is 2.42. The zero-order chi connectivity index (χ0) is 13.5. The van der Waals surface area contributed by atoms with Gasteiger partial charge in [0.05, 0.1) is 6.04 Å². The summed E-state index contributed by atoms with van der Waals surface area (Å²) < 4.78 is 0. The molecule has 0 aromatic rings. The Morgan fingerprint density at radius 2 is 1.68 bits per heavy atom. The minimum atomic E-state index is -0.0269. The SMILES string of the molecule is NCC(C1CC1)N1C(=O)CC2(CCCCC2)CC1=O. The molecule has 4 heteroatoms. The first-order chi connectivity index (χ1) is 9.15. The number of amides is 2. The average molecular weight is 264 g/mol. The van der Waals surface area contributed by atoms with E-state index in [4.69, 9.17) is 5.73 Å². The quantitative estimate of drug-likeness (QED) is 0.791. The molecule has 3 aliphatic rings. The van der Waals surface area contributed by atoms with E-state index in [9.17, 15) is 9.59 Å². The molecule has 2 amide bonds. The van der Waals surface area contributed by atoms with Crippen LogP contribution in [0, 0.1) is 11.3 Å². The summed E-state index contributed by atoms with van der Waals surface area (Å²) >= 11 is 0. The van der Waals surface area contributed by atoms with Crippen molar-refractivity contribution < 1.29 is 9.59 Å². The molecule has 106 valence electrons. The molecule has 1 unspecified atom stereocenters. The summed E-state index contributed by atoms with van der Waals surface area (Å²) in [5.41, 5.74) is 5.78. The van der Waals surface area contributed by atoms with E-state index in [0.29, 0.717) is 25.3 Å². The molecule has 2 N–H and O–H groups in total. The molecule has 3 rings (SSSR count). The van der Waals surface area contributed by atoms with E-state index in [2.05, 4.69) is 0 Å². The number of piperidine rings is 1. The van der Waals surface area contributed by atoms with Crippen molar-refractivity contribution in [2.75, 3.05) is 6.54 Å². The largest absolute Gasteiger partial charge is 0.328 e. The molecule has 1 spiro atoms. The van der Waals surface area contributed by atoms with Gasteiger partial charge in [-0.1, -0.05) is 19.3 Å². The molecular formula is C15H24N2O2. The highest BCUT2D eigenvalue weighted by Crippen LogP contribution is 2.47. The molecule has 0 radical (unpaired) electrons. The summed E-state index contributed by atoms with van der Waals surface area (Å²) in [6.45, 7) is 0.426. The van der Waals surface area contributed by atoms with Crippen LogP contribution in [0.25, 0.3) is 0 Å². The van der Waals surface area contributed by atoms with Crippen LogP contribution in [0.15, 0.2) is 0 Å². The van der Waals surface area contributed by atoms with Gasteiger partial charge in [-0.25, -0.2) is 0 Å². The predicted octanol–water partition coefficient (Wildman–Crippen LogP) is 1.82. The van der Waals surface area contributed by atoms with E-state index in [1.54, 1.807) is 0 Å². The first kappa shape index (κ1) is 13.1. The topological polar surface area (TPSA) is 63.4 Å². The Hall–Kier alpha value is -0.900. The summed E-state index contributed by atoms with van der Waals surface area (Å²) in [6.07, 6.45) is 9.07. The molecule has 19 heavy (non-hydrogen) atoms. The summed E-state index contributed by atoms with van der Waals surface area (Å²) in [4.78, 5) is 26.4. The summed E-state index contributed by atoms with van der Waals surface area (Å²) in [5, 5.41) is 0. The Morgan fingerprint density at radius 1 is 1.11 bits per heavy atom. The van der Waals surface area contributed by atoms with Gasteiger partial charge in [-0.2, -0.15) is 0 Å². The zero-order valence-electron chi connectivity index (χ0n) is 11.6. The number of hydrogen-bond donors (Lipinski definition) is 1. The van der Waals surface area contributed by atoms with Crippen molar-refractivity contribution in [2.45, 2.75) is 63.8 Å². The molecule has 1 atom stereocenters. The number of likely N-dealkylation sites (tertiary alicyclic amines) is 1. The van der Waals surface area contributed by atoms with Crippen LogP contribution in [-0.2, 0) is 9.59 Å². The van der Waals surface area contributed by atoms with Gasteiger partial charge in [-0.15, -0.1) is 0 Å². The summed E-state index contributed by atoms with van der Waals surface area (Å²) in [5.74, 6) is 0.555. The van der Waals surface area contributed by atoms with Gasteiger partial charge in [0.1, 0.15) is 0 Å². The monoisotopic (exact) mass is 264 g/mol. The Balaban J connectivity index is 1.75. The van der Waals surface area contributed by atoms with E-state index >= 15 is 0 Å². The number of nitrogens with two attached hydrogens (primary N) is 1. The normalized spacial score (nSPS) is 28.8. The van der Waals surface area contributed by atoms with Crippen LogP contribution in [0.1, 0.15) is 57.8 Å². The van der Waals surface area contributed by atoms with Crippen LogP contribution in [0.3, 0.4) is 0 Å². The minimum absolute atomic E-state index is 0.00832. The summed E-state index contributed by atoms with van der Waals surface area (Å²) in [6, 6.07) is -0.0269. The second kappa shape index (κ2) is 4.89. The third-order valence-corrected chi connectivity index (χ3v) is 5.24. The molecule has 0 aromatic carbocycles. The fourth-order valence-corrected chi connectivity index (χ4v) is 4.03. The van der Waals surface area contributed by atoms with Crippen LogP contribution in [0.5, 0.6) is 0 Å². The summed E-state index contributed by atoms with van der Waals surface area (Å²) in [7, 11) is 0. The highest BCUT2D eigenvalue weighted by atomic mass is 16.2. The number of nitrogens with zero attached hydrogens (tertiary/aromatic N) is 1. The van der Waals surface area contributed by atoms with E-state index in [-0.39, 0.29) is 23.3 Å². The highest BCUT2D eigenvalue weighted by molar-refractivity contribution is 5.99. The fraction of sp³-hybridized carbons (Fsp3) is 0.867. The molecule has 3 fully saturated rings. The third-order valence-electron chi connectivity index (χ3n) is 5.24. The van der Waals surface area contributed by atoms with Crippen molar-refractivity contribution in [3.05, 3.63) is 0 Å². The average Bonchev–Trinajstić information content (AvgIpc) is 3.19. The Bertz CT molecular complexity index is 364. The van der Waals surface area contributed by atoms with Gasteiger partial charge in [-0.05, 0) is 37.0 Å². The fourth-order valence-electron chi connectivity index (χ4n) is 4.03. The molecular weight excluding hydrogens is 240 g/mol. The lowest BCUT2D eigenvalue weighted by atomic mass is 9.67. The lowest BCUT2D eigenvalue weighted by molar-refractivity contribution is -0.158. The van der Waals surface area contributed by atoms with E-state index in [0.717, 1.165) is 25.7 Å². The number of imide groups is 1. The van der Waals surface area contributed by atoms with Crippen molar-refractivity contribution in [3.8, 4) is 0 Å². The minimum Gasteiger partial charge on any atom is -0.328 e.